The minimum Gasteiger partial charge on any atom is -0.383 e. The van der Waals surface area contributed by atoms with Gasteiger partial charge in [-0.2, -0.15) is 0 Å². The fraction of sp³-hybridized carbons (Fsp3) is 0.250. The van der Waals surface area contributed by atoms with Crippen LogP contribution in [0.3, 0.4) is 0 Å². The highest BCUT2D eigenvalue weighted by Gasteiger charge is 2.11. The molecule has 0 radical (unpaired) electrons. The molecule has 3 rings (SSSR count). The number of nitrogens with zero attached hydrogens (tertiary/aromatic N) is 1. The van der Waals surface area contributed by atoms with Gasteiger partial charge in [0, 0.05) is 40.1 Å². The van der Waals surface area contributed by atoms with Gasteiger partial charge in [-0.3, -0.25) is 4.79 Å². The van der Waals surface area contributed by atoms with Crippen molar-refractivity contribution in [3.63, 3.8) is 0 Å². The van der Waals surface area contributed by atoms with Crippen LogP contribution < -0.4 is 10.7 Å². The average Bonchev–Trinajstić information content (AvgIpc) is 2.61. The Kier molecular flexibility index (Phi) is 4.86. The van der Waals surface area contributed by atoms with Crippen LogP contribution in [0.1, 0.15) is 12.5 Å². The van der Waals surface area contributed by atoms with E-state index in [1.807, 2.05) is 36.5 Å². The first kappa shape index (κ1) is 16.5. The van der Waals surface area contributed by atoms with Gasteiger partial charge in [0.25, 0.3) is 0 Å². The molecular formula is C20H22N2OS. The fourth-order valence-corrected chi connectivity index (χ4v) is 4.06. The number of likely N-dealkylation sites (N-methyl/N-ethyl adjacent to an activating group) is 1. The van der Waals surface area contributed by atoms with Crippen LogP contribution in [0.5, 0.6) is 0 Å². The van der Waals surface area contributed by atoms with E-state index in [1.54, 1.807) is 11.3 Å². The Morgan fingerprint density at radius 1 is 1.25 bits per heavy atom. The maximum Gasteiger partial charge on any atom is 0.197 e. The van der Waals surface area contributed by atoms with Crippen molar-refractivity contribution in [2.45, 2.75) is 13.8 Å². The van der Waals surface area contributed by atoms with E-state index >= 15 is 0 Å². The first-order chi connectivity index (χ1) is 11.7. The molecule has 0 saturated carbocycles. The molecule has 0 atom stereocenters. The molecular weight excluding hydrogens is 316 g/mol. The van der Waals surface area contributed by atoms with Gasteiger partial charge in [0.1, 0.15) is 0 Å². The maximum absolute atomic E-state index is 13.0. The van der Waals surface area contributed by atoms with Crippen LogP contribution in [0.25, 0.3) is 20.2 Å². The number of rotatable bonds is 6. The average molecular weight is 338 g/mol. The summed E-state index contributed by atoms with van der Waals surface area (Å²) >= 11 is 1.69. The molecule has 1 heterocycles. The number of fused-ring (bicyclic) bond motifs is 2. The predicted octanol–water partition coefficient (Wildman–Crippen LogP) is 4.60. The molecule has 0 aliphatic carbocycles. The van der Waals surface area contributed by atoms with Crippen LogP contribution in [0.2, 0.25) is 0 Å². The molecule has 4 heteroatoms. The third kappa shape index (κ3) is 3.02. The van der Waals surface area contributed by atoms with Gasteiger partial charge in [-0.25, -0.2) is 0 Å². The largest absolute Gasteiger partial charge is 0.383 e. The van der Waals surface area contributed by atoms with E-state index in [0.717, 1.165) is 51.1 Å². The van der Waals surface area contributed by atoms with Crippen molar-refractivity contribution in [1.82, 2.24) is 4.90 Å². The third-order valence-corrected chi connectivity index (χ3v) is 5.61. The summed E-state index contributed by atoms with van der Waals surface area (Å²) in [7, 11) is 0. The van der Waals surface area contributed by atoms with Gasteiger partial charge < -0.3 is 10.2 Å². The highest BCUT2D eigenvalue weighted by atomic mass is 32.1. The standard InChI is InChI=1S/C20H22N2OS/c1-4-22(5-2)13-12-21-16-11-10-14(3)20-18(16)19(23)15-8-6-7-9-17(15)24-20/h4,6-11,21H,1,5,12-13H2,2-3H3. The minimum atomic E-state index is 0.113. The first-order valence-electron chi connectivity index (χ1n) is 8.21. The Hall–Kier alpha value is -2.33. The molecule has 3 aromatic rings. The van der Waals surface area contributed by atoms with Crippen LogP contribution in [0, 0.1) is 6.92 Å². The van der Waals surface area contributed by atoms with Crippen LogP contribution >= 0.6 is 11.3 Å². The topological polar surface area (TPSA) is 32.3 Å². The van der Waals surface area contributed by atoms with Gasteiger partial charge in [-0.15, -0.1) is 11.3 Å². The molecule has 0 unspecified atom stereocenters. The van der Waals surface area contributed by atoms with Crippen LogP contribution in [-0.4, -0.2) is 24.5 Å². The second kappa shape index (κ2) is 7.05. The summed E-state index contributed by atoms with van der Waals surface area (Å²) in [6.45, 7) is 10.5. The number of anilines is 1. The summed E-state index contributed by atoms with van der Waals surface area (Å²) < 4.78 is 2.11. The van der Waals surface area contributed by atoms with Crippen molar-refractivity contribution in [1.29, 1.82) is 0 Å². The van der Waals surface area contributed by atoms with E-state index in [-0.39, 0.29) is 5.43 Å². The number of hydrogen-bond acceptors (Lipinski definition) is 4. The monoisotopic (exact) mass is 338 g/mol. The molecule has 0 aliphatic rings. The zero-order valence-electron chi connectivity index (χ0n) is 14.1. The highest BCUT2D eigenvalue weighted by Crippen LogP contribution is 2.31. The molecule has 0 fully saturated rings. The smallest absolute Gasteiger partial charge is 0.197 e. The SMILES string of the molecule is C=CN(CC)CCNc1ccc(C)c2sc3ccccc3c(=O)c12. The molecule has 3 nitrogen and oxygen atoms in total. The third-order valence-electron chi connectivity index (χ3n) is 4.30. The van der Waals surface area contributed by atoms with Crippen molar-refractivity contribution in [2.24, 2.45) is 0 Å². The Bertz CT molecular complexity index is 945. The molecule has 2 aromatic carbocycles. The Balaban J connectivity index is 2.05. The van der Waals surface area contributed by atoms with Gasteiger partial charge in [0.2, 0.25) is 0 Å². The molecule has 24 heavy (non-hydrogen) atoms. The van der Waals surface area contributed by atoms with Crippen molar-refractivity contribution in [3.8, 4) is 0 Å². The minimum absolute atomic E-state index is 0.113. The second-order valence-electron chi connectivity index (χ2n) is 5.80. The lowest BCUT2D eigenvalue weighted by Crippen LogP contribution is -2.24. The quantitative estimate of drug-likeness (QED) is 0.667. The van der Waals surface area contributed by atoms with Crippen LogP contribution in [-0.2, 0) is 0 Å². The molecule has 1 aromatic heterocycles. The summed E-state index contributed by atoms with van der Waals surface area (Å²) in [6, 6.07) is 11.9. The van der Waals surface area contributed by atoms with E-state index in [1.165, 1.54) is 0 Å². The lowest BCUT2D eigenvalue weighted by molar-refractivity contribution is 0.412. The molecule has 0 spiro atoms. The van der Waals surface area contributed by atoms with Crippen molar-refractivity contribution in [3.05, 3.63) is 65.0 Å². The van der Waals surface area contributed by atoms with Crippen molar-refractivity contribution in [2.75, 3.05) is 25.0 Å². The maximum atomic E-state index is 13.0. The number of aryl methyl sites for hydroxylation is 1. The van der Waals surface area contributed by atoms with Crippen molar-refractivity contribution >= 4 is 37.2 Å². The second-order valence-corrected chi connectivity index (χ2v) is 6.85. The molecule has 0 aliphatic heterocycles. The fourth-order valence-electron chi connectivity index (χ4n) is 2.89. The zero-order chi connectivity index (χ0) is 17.1. The van der Waals surface area contributed by atoms with Crippen LogP contribution in [0.15, 0.2) is 54.0 Å². The summed E-state index contributed by atoms with van der Waals surface area (Å²) in [5, 5.41) is 5.04. The van der Waals surface area contributed by atoms with Gasteiger partial charge in [-0.1, -0.05) is 24.8 Å². The molecule has 0 saturated heterocycles. The Morgan fingerprint density at radius 3 is 2.79 bits per heavy atom. The number of benzene rings is 2. The lowest BCUT2D eigenvalue weighted by Gasteiger charge is -2.18. The first-order valence-corrected chi connectivity index (χ1v) is 9.03. The predicted molar refractivity (Wildman–Crippen MR) is 106 cm³/mol. The molecule has 1 N–H and O–H groups in total. The van der Waals surface area contributed by atoms with Gasteiger partial charge in [-0.05, 0) is 43.8 Å². The number of hydrogen-bond donors (Lipinski definition) is 1. The lowest BCUT2D eigenvalue weighted by atomic mass is 10.1. The molecule has 124 valence electrons. The van der Waals surface area contributed by atoms with E-state index in [9.17, 15) is 4.79 Å². The van der Waals surface area contributed by atoms with E-state index in [2.05, 4.69) is 36.7 Å². The van der Waals surface area contributed by atoms with Gasteiger partial charge >= 0.3 is 0 Å². The summed E-state index contributed by atoms with van der Waals surface area (Å²) in [4.78, 5) is 15.1. The van der Waals surface area contributed by atoms with Gasteiger partial charge in [0.15, 0.2) is 5.43 Å². The van der Waals surface area contributed by atoms with Crippen molar-refractivity contribution < 1.29 is 0 Å². The zero-order valence-corrected chi connectivity index (χ0v) is 15.0. The molecule has 0 amide bonds. The van der Waals surface area contributed by atoms with E-state index < -0.39 is 0 Å². The number of nitrogens with one attached hydrogen (secondary N) is 1. The Morgan fingerprint density at radius 2 is 2.04 bits per heavy atom. The summed E-state index contributed by atoms with van der Waals surface area (Å²) in [5.74, 6) is 0. The summed E-state index contributed by atoms with van der Waals surface area (Å²) in [5.41, 5.74) is 2.18. The van der Waals surface area contributed by atoms with Gasteiger partial charge in [0.05, 0.1) is 5.39 Å². The van der Waals surface area contributed by atoms with E-state index in [0.29, 0.717) is 0 Å². The normalized spacial score (nSPS) is 10.9. The van der Waals surface area contributed by atoms with Crippen LogP contribution in [0.4, 0.5) is 5.69 Å². The summed E-state index contributed by atoms with van der Waals surface area (Å²) in [6.07, 6.45) is 1.85. The Labute approximate surface area is 146 Å². The highest BCUT2D eigenvalue weighted by molar-refractivity contribution is 7.24. The molecule has 0 bridgehead atoms. The van der Waals surface area contributed by atoms with E-state index in [4.69, 9.17) is 0 Å².